The number of methoxy groups -OCH3 is 1. The molecule has 3 atom stereocenters. The number of rotatable bonds is 9. The lowest BCUT2D eigenvalue weighted by molar-refractivity contribution is -0.149. The summed E-state index contributed by atoms with van der Waals surface area (Å²) in [5.74, 6) is 0.324. The third-order valence-corrected chi connectivity index (χ3v) is 9.52. The molecule has 0 saturated heterocycles. The molecular formula is C44H47Cl2N3O6. The molecule has 4 aromatic rings. The van der Waals surface area contributed by atoms with Crippen LogP contribution in [0.1, 0.15) is 83.7 Å². The van der Waals surface area contributed by atoms with Crippen molar-refractivity contribution in [2.75, 3.05) is 7.11 Å². The summed E-state index contributed by atoms with van der Waals surface area (Å²) < 4.78 is 16.7. The Labute approximate surface area is 333 Å². The fourth-order valence-corrected chi connectivity index (χ4v) is 6.56. The maximum absolute atomic E-state index is 13.2. The third kappa shape index (κ3) is 10.9. The van der Waals surface area contributed by atoms with Crippen LogP contribution in [0.3, 0.4) is 0 Å². The molecular weight excluding hydrogens is 737 g/mol. The Morgan fingerprint density at radius 2 is 1.51 bits per heavy atom. The lowest BCUT2D eigenvalue weighted by Crippen LogP contribution is -2.56. The van der Waals surface area contributed by atoms with Crippen molar-refractivity contribution < 1.29 is 28.6 Å². The van der Waals surface area contributed by atoms with Crippen LogP contribution in [0.5, 0.6) is 17.2 Å². The van der Waals surface area contributed by atoms with Gasteiger partial charge < -0.3 is 14.2 Å². The summed E-state index contributed by atoms with van der Waals surface area (Å²) >= 11 is 11.5. The first-order chi connectivity index (χ1) is 25.9. The third-order valence-electron chi connectivity index (χ3n) is 9.27. The van der Waals surface area contributed by atoms with E-state index in [0.29, 0.717) is 33.9 Å². The van der Waals surface area contributed by atoms with Gasteiger partial charge >= 0.3 is 5.97 Å². The zero-order valence-electron chi connectivity index (χ0n) is 32.6. The number of hydrazine groups is 1. The van der Waals surface area contributed by atoms with Gasteiger partial charge in [-0.25, -0.2) is 5.01 Å². The van der Waals surface area contributed by atoms with Gasteiger partial charge in [-0.3, -0.25) is 19.8 Å². The topological polar surface area (TPSA) is 118 Å². The van der Waals surface area contributed by atoms with Crippen molar-refractivity contribution >= 4 is 41.0 Å². The molecule has 5 rings (SSSR count). The number of aryl methyl sites for hydroxylation is 2. The molecule has 0 heterocycles. The highest BCUT2D eigenvalue weighted by atomic mass is 35.5. The zero-order chi connectivity index (χ0) is 40.7. The average Bonchev–Trinajstić information content (AvgIpc) is 3.66. The number of nitriles is 1. The second kappa shape index (κ2) is 17.9. The number of hydrogen-bond acceptors (Lipinski definition) is 7. The molecule has 4 aromatic carbocycles. The summed E-state index contributed by atoms with van der Waals surface area (Å²) in [6.45, 7) is 15.2. The van der Waals surface area contributed by atoms with Gasteiger partial charge in [-0.05, 0) is 107 Å². The van der Waals surface area contributed by atoms with E-state index in [9.17, 15) is 19.6 Å². The predicted octanol–water partition coefficient (Wildman–Crippen LogP) is 10.4. The molecule has 0 spiro atoms. The Morgan fingerprint density at radius 1 is 0.891 bits per heavy atom. The Bertz CT molecular complexity index is 2080. The summed E-state index contributed by atoms with van der Waals surface area (Å²) in [5, 5.41) is 10.9. The molecule has 2 amide bonds. The Morgan fingerprint density at radius 3 is 2.09 bits per heavy atom. The maximum atomic E-state index is 13.2. The molecule has 55 heavy (non-hydrogen) atoms. The molecule has 0 bridgehead atoms. The van der Waals surface area contributed by atoms with Crippen molar-refractivity contribution in [3.8, 4) is 23.3 Å². The van der Waals surface area contributed by atoms with Gasteiger partial charge in [-0.15, -0.1) is 0 Å². The number of esters is 1. The number of para-hydroxylation sites is 1. The molecule has 0 aromatic heterocycles. The van der Waals surface area contributed by atoms with E-state index in [4.69, 9.17) is 37.4 Å². The Kier molecular flexibility index (Phi) is 13.8. The van der Waals surface area contributed by atoms with E-state index in [-0.39, 0.29) is 33.6 Å². The molecule has 1 aliphatic carbocycles. The van der Waals surface area contributed by atoms with Crippen molar-refractivity contribution in [2.45, 2.75) is 67.0 Å². The number of carbonyl (C=O) groups excluding carboxylic acids is 3. The number of halogens is 2. The van der Waals surface area contributed by atoms with Crippen LogP contribution in [-0.2, 0) is 9.53 Å². The van der Waals surface area contributed by atoms with Crippen molar-refractivity contribution in [3.05, 3.63) is 135 Å². The summed E-state index contributed by atoms with van der Waals surface area (Å²) in [6.07, 6.45) is 0.615. The summed E-state index contributed by atoms with van der Waals surface area (Å²) in [6, 6.07) is 29.2. The molecule has 1 N–H and O–H groups in total. The van der Waals surface area contributed by atoms with E-state index in [1.165, 1.54) is 5.01 Å². The summed E-state index contributed by atoms with van der Waals surface area (Å²) in [4.78, 5) is 38.7. The number of nitrogens with zero attached hydrogens (tertiary/aromatic N) is 2. The van der Waals surface area contributed by atoms with E-state index in [1.54, 1.807) is 55.7 Å². The molecule has 1 unspecified atom stereocenters. The van der Waals surface area contributed by atoms with E-state index in [2.05, 4.69) is 5.43 Å². The van der Waals surface area contributed by atoms with Gasteiger partial charge in [0, 0.05) is 22.3 Å². The van der Waals surface area contributed by atoms with Crippen molar-refractivity contribution in [1.29, 1.82) is 5.26 Å². The fraction of sp³-hybridized carbons (Fsp3) is 0.318. The Hall–Kier alpha value is -5.30. The van der Waals surface area contributed by atoms with Crippen LogP contribution in [0.15, 0.2) is 102 Å². The van der Waals surface area contributed by atoms with Crippen LogP contribution < -0.4 is 14.9 Å². The maximum Gasteiger partial charge on any atom is 0.311 e. The lowest BCUT2D eigenvalue weighted by Gasteiger charge is -2.35. The van der Waals surface area contributed by atoms with Gasteiger partial charge in [0.2, 0.25) is 6.10 Å². The van der Waals surface area contributed by atoms with Crippen LogP contribution in [-0.4, -0.2) is 35.4 Å². The van der Waals surface area contributed by atoms with Crippen LogP contribution in [0.25, 0.3) is 0 Å². The highest BCUT2D eigenvalue weighted by molar-refractivity contribution is 6.55. The minimum Gasteiger partial charge on any atom is -0.496 e. The molecule has 288 valence electrons. The second-order valence-corrected chi connectivity index (χ2v) is 16.0. The summed E-state index contributed by atoms with van der Waals surface area (Å²) in [7, 11) is 1.56. The smallest absolute Gasteiger partial charge is 0.311 e. The molecule has 1 fully saturated rings. The van der Waals surface area contributed by atoms with Crippen molar-refractivity contribution in [2.24, 2.45) is 17.3 Å². The number of amides is 2. The Balaban J connectivity index is 0.000000245. The van der Waals surface area contributed by atoms with E-state index in [1.807, 2.05) is 110 Å². The summed E-state index contributed by atoms with van der Waals surface area (Å²) in [5.41, 5.74) is 6.17. The highest BCUT2D eigenvalue weighted by Crippen LogP contribution is 2.60. The first-order valence-electron chi connectivity index (χ1n) is 17.7. The SMILES string of the molecule is CC1(C)[C@H](C(=O)OC(C#N)c2cccc(Oc3ccccc3)c2)[C@@H]1C=C(Cl)Cl.COc1cccc(C(=O)NN(C(=O)c2cc(C)cc(C)c2)C(C)(C)C)c1C. The average molecular weight is 785 g/mol. The number of ether oxygens (including phenoxy) is 3. The molecule has 9 nitrogen and oxygen atoms in total. The van der Waals surface area contributed by atoms with Crippen LogP contribution >= 0.6 is 23.2 Å². The van der Waals surface area contributed by atoms with Gasteiger partial charge in [-0.2, -0.15) is 5.26 Å². The largest absolute Gasteiger partial charge is 0.496 e. The number of allylic oxidation sites excluding steroid dienone is 1. The van der Waals surface area contributed by atoms with Crippen molar-refractivity contribution in [3.63, 3.8) is 0 Å². The molecule has 1 saturated carbocycles. The van der Waals surface area contributed by atoms with Crippen LogP contribution in [0.2, 0.25) is 0 Å². The quantitative estimate of drug-likeness (QED) is 0.133. The molecule has 0 aliphatic heterocycles. The highest BCUT2D eigenvalue weighted by Gasteiger charge is 2.62. The molecule has 0 radical (unpaired) electrons. The zero-order valence-corrected chi connectivity index (χ0v) is 34.1. The predicted molar refractivity (Wildman–Crippen MR) is 215 cm³/mol. The second-order valence-electron chi connectivity index (χ2n) is 15.0. The fourth-order valence-electron chi connectivity index (χ4n) is 6.29. The van der Waals surface area contributed by atoms with E-state index < -0.39 is 17.6 Å². The van der Waals surface area contributed by atoms with Gasteiger partial charge in [0.05, 0.1) is 18.6 Å². The van der Waals surface area contributed by atoms with Gasteiger partial charge in [-0.1, -0.05) is 90.6 Å². The van der Waals surface area contributed by atoms with Crippen molar-refractivity contribution in [1.82, 2.24) is 10.4 Å². The molecule has 11 heteroatoms. The first kappa shape index (κ1) is 42.4. The minimum atomic E-state index is -1.03. The van der Waals surface area contributed by atoms with E-state index in [0.717, 1.165) is 16.7 Å². The van der Waals surface area contributed by atoms with Gasteiger partial charge in [0.1, 0.15) is 27.8 Å². The number of carbonyl (C=O) groups is 3. The monoisotopic (exact) mass is 783 g/mol. The first-order valence-corrected chi connectivity index (χ1v) is 18.5. The molecule has 1 aliphatic rings. The van der Waals surface area contributed by atoms with Crippen LogP contribution in [0.4, 0.5) is 0 Å². The lowest BCUT2D eigenvalue weighted by atomic mass is 10.0. The number of benzene rings is 4. The number of hydrogen-bond donors (Lipinski definition) is 1. The van der Waals surface area contributed by atoms with E-state index >= 15 is 0 Å². The minimum absolute atomic E-state index is 0.114. The number of nitrogens with one attached hydrogen (secondary N) is 1. The van der Waals surface area contributed by atoms with Gasteiger partial charge in [0.15, 0.2) is 0 Å². The standard InChI is InChI=1S/C22H19Cl2NO3.C22H28N2O3/c1-22(2)17(12-19(23)24)20(22)21(26)28-18(13-25)14-7-6-10-16(11-14)27-15-8-4-3-5-9-15;1-14-11-15(2)13-17(12-14)21(26)24(22(4,5)6)23-20(25)18-9-8-10-19(27-7)16(18)3/h3-12,17-18,20H,1-2H3;8-13H,1-7H3,(H,23,25)/t17-,18?,20-;/m0./s1. The normalized spacial score (nSPS) is 15.8. The van der Waals surface area contributed by atoms with Crippen LogP contribution in [0, 0.1) is 49.4 Å². The van der Waals surface area contributed by atoms with Gasteiger partial charge in [0.25, 0.3) is 11.8 Å².